The maximum Gasteiger partial charge on any atom is 0.330 e. The van der Waals surface area contributed by atoms with Gasteiger partial charge in [0, 0.05) is 11.6 Å². The predicted octanol–water partition coefficient (Wildman–Crippen LogP) is 1.68. The first-order valence-electron chi connectivity index (χ1n) is 3.71. The predicted molar refractivity (Wildman–Crippen MR) is 49.5 cm³/mol. The van der Waals surface area contributed by atoms with Crippen molar-refractivity contribution in [1.29, 1.82) is 0 Å². The highest BCUT2D eigenvalue weighted by Crippen LogP contribution is 1.92. The highest BCUT2D eigenvalue weighted by atomic mass is 16.4. The molecule has 0 aromatic rings. The monoisotopic (exact) mass is 186 g/mol. The summed E-state index contributed by atoms with van der Waals surface area (Å²) < 4.78 is 0. The van der Waals surface area contributed by atoms with E-state index in [2.05, 4.69) is 6.58 Å². The van der Waals surface area contributed by atoms with Crippen LogP contribution in [0.15, 0.2) is 24.3 Å². The molecular weight excluding hydrogens is 172 g/mol. The minimum absolute atomic E-state index is 0.424. The molecule has 0 aromatic heterocycles. The third kappa shape index (κ3) is 13.4. The van der Waals surface area contributed by atoms with Gasteiger partial charge >= 0.3 is 11.9 Å². The summed E-state index contributed by atoms with van der Waals surface area (Å²) in [6.07, 6.45) is 3.31. The van der Waals surface area contributed by atoms with E-state index >= 15 is 0 Å². The summed E-state index contributed by atoms with van der Waals surface area (Å²) in [5.41, 5.74) is 0.424. The Morgan fingerprint density at radius 3 is 1.85 bits per heavy atom. The minimum atomic E-state index is -0.981. The molecule has 0 aliphatic rings. The lowest BCUT2D eigenvalue weighted by Gasteiger charge is -1.87. The Kier molecular flexibility index (Phi) is 9.15. The third-order valence-electron chi connectivity index (χ3n) is 1.02. The summed E-state index contributed by atoms with van der Waals surface area (Å²) in [5, 5.41) is 15.8. The van der Waals surface area contributed by atoms with Crippen LogP contribution in [0.2, 0.25) is 0 Å². The van der Waals surface area contributed by atoms with Crippen molar-refractivity contribution in [2.75, 3.05) is 0 Å². The first-order valence-corrected chi connectivity index (χ1v) is 3.71. The molecule has 0 aliphatic carbocycles. The van der Waals surface area contributed by atoms with Crippen molar-refractivity contribution in [3.63, 3.8) is 0 Å². The van der Waals surface area contributed by atoms with Crippen molar-refractivity contribution in [3.05, 3.63) is 24.3 Å². The second-order valence-electron chi connectivity index (χ2n) is 2.14. The van der Waals surface area contributed by atoms with Crippen molar-refractivity contribution in [1.82, 2.24) is 0 Å². The van der Waals surface area contributed by atoms with Crippen LogP contribution in [0.1, 0.15) is 20.3 Å². The molecule has 4 nitrogen and oxygen atoms in total. The smallest absolute Gasteiger partial charge is 0.330 e. The second kappa shape index (κ2) is 8.52. The van der Waals surface area contributed by atoms with Gasteiger partial charge in [-0.25, -0.2) is 9.59 Å². The van der Waals surface area contributed by atoms with Crippen LogP contribution in [-0.4, -0.2) is 22.2 Å². The molecule has 0 amide bonds. The number of hydrogen-bond acceptors (Lipinski definition) is 2. The number of carboxylic acids is 2. The largest absolute Gasteiger partial charge is 0.478 e. The Labute approximate surface area is 77.2 Å². The first-order chi connectivity index (χ1) is 5.95. The minimum Gasteiger partial charge on any atom is -0.478 e. The fourth-order valence-corrected chi connectivity index (χ4v) is 0.393. The number of carboxylic acid groups (broad SMARTS) is 2. The lowest BCUT2D eigenvalue weighted by molar-refractivity contribution is -0.133. The van der Waals surface area contributed by atoms with Gasteiger partial charge in [-0.15, -0.1) is 0 Å². The maximum atomic E-state index is 10.0. The van der Waals surface area contributed by atoms with Crippen LogP contribution < -0.4 is 0 Å². The van der Waals surface area contributed by atoms with Gasteiger partial charge in [0.05, 0.1) is 0 Å². The highest BCUT2D eigenvalue weighted by molar-refractivity contribution is 5.85. The summed E-state index contributed by atoms with van der Waals surface area (Å²) in [6, 6.07) is 0. The van der Waals surface area contributed by atoms with Gasteiger partial charge < -0.3 is 10.2 Å². The zero-order valence-corrected chi connectivity index (χ0v) is 7.78. The number of carbonyl (C=O) groups is 2. The topological polar surface area (TPSA) is 74.6 Å². The quantitative estimate of drug-likeness (QED) is 0.657. The second-order valence-corrected chi connectivity index (χ2v) is 2.14. The zero-order chi connectivity index (χ0) is 10.9. The van der Waals surface area contributed by atoms with Crippen LogP contribution in [0.3, 0.4) is 0 Å². The molecular formula is C9H14O4. The molecule has 4 heteroatoms. The van der Waals surface area contributed by atoms with Gasteiger partial charge in [0.25, 0.3) is 0 Å². The van der Waals surface area contributed by atoms with Gasteiger partial charge in [-0.1, -0.05) is 19.6 Å². The molecule has 0 heterocycles. The average molecular weight is 186 g/mol. The lowest BCUT2D eigenvalue weighted by Crippen LogP contribution is -1.94. The van der Waals surface area contributed by atoms with Crippen molar-refractivity contribution in [2.24, 2.45) is 0 Å². The van der Waals surface area contributed by atoms with E-state index in [9.17, 15) is 9.59 Å². The third-order valence-corrected chi connectivity index (χ3v) is 1.02. The zero-order valence-electron chi connectivity index (χ0n) is 7.78. The number of rotatable bonds is 3. The molecule has 74 valence electrons. The summed E-state index contributed by atoms with van der Waals surface area (Å²) in [6.45, 7) is 6.46. The van der Waals surface area contributed by atoms with Crippen LogP contribution in [0.5, 0.6) is 0 Å². The van der Waals surface area contributed by atoms with Gasteiger partial charge in [0.1, 0.15) is 0 Å². The van der Waals surface area contributed by atoms with E-state index in [1.54, 1.807) is 13.0 Å². The van der Waals surface area contributed by atoms with Gasteiger partial charge in [-0.05, 0) is 13.3 Å². The van der Waals surface area contributed by atoms with Crippen LogP contribution >= 0.6 is 0 Å². The van der Waals surface area contributed by atoms with Crippen LogP contribution in [0.4, 0.5) is 0 Å². The fourth-order valence-electron chi connectivity index (χ4n) is 0.393. The van der Waals surface area contributed by atoms with Gasteiger partial charge in [-0.2, -0.15) is 0 Å². The standard InChI is InChI=1S/C6H10O2.C3H4O2/c1-3-4-5(2)6(7)8;1-2-3(4)5/h4H,3H2,1-2H3,(H,7,8);2H,1H2,(H,4,5)/b5-4+;. The molecule has 0 atom stereocenters. The molecule has 0 bridgehead atoms. The van der Waals surface area contributed by atoms with Crippen molar-refractivity contribution >= 4 is 11.9 Å². The van der Waals surface area contributed by atoms with Gasteiger partial charge in [-0.3, -0.25) is 0 Å². The Hall–Kier alpha value is -1.58. The SMILES string of the molecule is C=CC(=O)O.CC/C=C(\C)C(=O)O. The Morgan fingerprint density at radius 2 is 1.77 bits per heavy atom. The molecule has 0 aliphatic heterocycles. The average Bonchev–Trinajstić information content (AvgIpc) is 2.06. The molecule has 0 saturated heterocycles. The van der Waals surface area contributed by atoms with E-state index < -0.39 is 11.9 Å². The molecule has 0 radical (unpaired) electrons. The van der Waals surface area contributed by atoms with Crippen molar-refractivity contribution in [2.45, 2.75) is 20.3 Å². The van der Waals surface area contributed by atoms with Gasteiger partial charge in [0.15, 0.2) is 0 Å². The van der Waals surface area contributed by atoms with Crippen molar-refractivity contribution < 1.29 is 19.8 Å². The molecule has 13 heavy (non-hydrogen) atoms. The molecule has 0 unspecified atom stereocenters. The fraction of sp³-hybridized carbons (Fsp3) is 0.333. The normalized spacial score (nSPS) is 9.54. The van der Waals surface area contributed by atoms with Crippen LogP contribution in [-0.2, 0) is 9.59 Å². The van der Waals surface area contributed by atoms with E-state index in [-0.39, 0.29) is 0 Å². The van der Waals surface area contributed by atoms with E-state index in [0.29, 0.717) is 5.57 Å². The Bertz CT molecular complexity index is 216. The Morgan fingerprint density at radius 1 is 1.38 bits per heavy atom. The summed E-state index contributed by atoms with van der Waals surface area (Å²) in [7, 11) is 0. The van der Waals surface area contributed by atoms with E-state index in [1.807, 2.05) is 6.92 Å². The van der Waals surface area contributed by atoms with E-state index in [0.717, 1.165) is 12.5 Å². The number of aliphatic carboxylic acids is 2. The van der Waals surface area contributed by atoms with Crippen LogP contribution in [0, 0.1) is 0 Å². The number of allylic oxidation sites excluding steroid dienone is 1. The number of hydrogen-bond donors (Lipinski definition) is 2. The molecule has 0 aromatic carbocycles. The van der Waals surface area contributed by atoms with Crippen LogP contribution in [0.25, 0.3) is 0 Å². The maximum absolute atomic E-state index is 10.0. The molecule has 2 N–H and O–H groups in total. The first kappa shape index (κ1) is 14.0. The Balaban J connectivity index is 0. The van der Waals surface area contributed by atoms with Gasteiger partial charge in [0.2, 0.25) is 0 Å². The van der Waals surface area contributed by atoms with E-state index in [1.165, 1.54) is 0 Å². The van der Waals surface area contributed by atoms with Crippen molar-refractivity contribution in [3.8, 4) is 0 Å². The highest BCUT2D eigenvalue weighted by Gasteiger charge is 1.94. The summed E-state index contributed by atoms with van der Waals surface area (Å²) in [5.74, 6) is -1.81. The lowest BCUT2D eigenvalue weighted by atomic mass is 10.2. The molecule has 0 saturated carbocycles. The summed E-state index contributed by atoms with van der Waals surface area (Å²) in [4.78, 5) is 19.3. The summed E-state index contributed by atoms with van der Waals surface area (Å²) >= 11 is 0. The molecule has 0 rings (SSSR count). The van der Waals surface area contributed by atoms with E-state index in [4.69, 9.17) is 10.2 Å². The molecule has 0 spiro atoms. The molecule has 0 fully saturated rings.